The number of H-pyrrole nitrogens is 1. The molecule has 0 spiro atoms. The number of aromatic nitrogens is 2. The van der Waals surface area contributed by atoms with Gasteiger partial charge in [-0.15, -0.1) is 0 Å². The van der Waals surface area contributed by atoms with Gasteiger partial charge in [-0.25, -0.2) is 4.79 Å². The molecule has 140 valence electrons. The minimum absolute atomic E-state index is 0.0699. The van der Waals surface area contributed by atoms with Gasteiger partial charge in [0.25, 0.3) is 5.56 Å². The highest BCUT2D eigenvalue weighted by molar-refractivity contribution is 5.76. The molecule has 0 radical (unpaired) electrons. The Morgan fingerprint density at radius 3 is 2.23 bits per heavy atom. The third kappa shape index (κ3) is 4.94. The van der Waals surface area contributed by atoms with Crippen LogP contribution in [0.3, 0.4) is 0 Å². The molecular formula is C20H27N3O3. The highest BCUT2D eigenvalue weighted by atomic mass is 16.2. The van der Waals surface area contributed by atoms with Crippen molar-refractivity contribution in [3.05, 3.63) is 68.5 Å². The van der Waals surface area contributed by atoms with Gasteiger partial charge in [0.15, 0.2) is 0 Å². The van der Waals surface area contributed by atoms with Crippen LogP contribution >= 0.6 is 0 Å². The van der Waals surface area contributed by atoms with Crippen molar-refractivity contribution in [3.8, 4) is 0 Å². The first-order chi connectivity index (χ1) is 12.1. The molecule has 0 saturated heterocycles. The summed E-state index contributed by atoms with van der Waals surface area (Å²) < 4.78 is 1.18. The van der Waals surface area contributed by atoms with Crippen LogP contribution in [-0.2, 0) is 16.8 Å². The molecule has 0 aliphatic heterocycles. The summed E-state index contributed by atoms with van der Waals surface area (Å²) in [5, 5.41) is 2.99. The summed E-state index contributed by atoms with van der Waals surface area (Å²) in [7, 11) is 0. The van der Waals surface area contributed by atoms with E-state index in [-0.39, 0.29) is 29.8 Å². The van der Waals surface area contributed by atoms with E-state index < -0.39 is 11.2 Å². The Morgan fingerprint density at radius 2 is 1.73 bits per heavy atom. The zero-order valence-corrected chi connectivity index (χ0v) is 16.0. The fraction of sp³-hybridized carbons (Fsp3) is 0.450. The molecule has 1 heterocycles. The summed E-state index contributed by atoms with van der Waals surface area (Å²) >= 11 is 0. The summed E-state index contributed by atoms with van der Waals surface area (Å²) in [6.45, 7) is 10.4. The van der Waals surface area contributed by atoms with Crippen LogP contribution in [0, 0.1) is 5.92 Å². The zero-order valence-electron chi connectivity index (χ0n) is 16.0. The molecule has 0 fully saturated rings. The predicted molar refractivity (Wildman–Crippen MR) is 102 cm³/mol. The molecule has 2 N–H and O–H groups in total. The molecular weight excluding hydrogens is 330 g/mol. The highest BCUT2D eigenvalue weighted by Crippen LogP contribution is 2.26. The fourth-order valence-corrected chi connectivity index (χ4v) is 2.77. The number of nitrogens with zero attached hydrogens (tertiary/aromatic N) is 1. The van der Waals surface area contributed by atoms with E-state index in [1.54, 1.807) is 0 Å². The van der Waals surface area contributed by atoms with Crippen molar-refractivity contribution in [3.63, 3.8) is 0 Å². The van der Waals surface area contributed by atoms with Crippen molar-refractivity contribution in [2.75, 3.05) is 0 Å². The van der Waals surface area contributed by atoms with Gasteiger partial charge in [0.2, 0.25) is 5.91 Å². The lowest BCUT2D eigenvalue weighted by Crippen LogP contribution is -2.38. The normalized spacial score (nSPS) is 12.8. The SMILES string of the molecule is CC(C)C(NC(=O)Cn1ccc(=O)[nH]c1=O)c1ccc(C(C)(C)C)cc1. The molecule has 6 nitrogen and oxygen atoms in total. The Bertz CT molecular complexity index is 871. The molecule has 2 aromatic rings. The topological polar surface area (TPSA) is 84.0 Å². The fourth-order valence-electron chi connectivity index (χ4n) is 2.77. The second-order valence-electron chi connectivity index (χ2n) is 7.90. The van der Waals surface area contributed by atoms with E-state index in [1.165, 1.54) is 22.4 Å². The number of nitrogens with one attached hydrogen (secondary N) is 2. The quantitative estimate of drug-likeness (QED) is 0.861. The van der Waals surface area contributed by atoms with E-state index in [4.69, 9.17) is 0 Å². The molecule has 1 aromatic carbocycles. The van der Waals surface area contributed by atoms with Crippen LogP contribution < -0.4 is 16.6 Å². The molecule has 1 atom stereocenters. The number of carbonyl (C=O) groups is 1. The molecule has 0 aliphatic rings. The van der Waals surface area contributed by atoms with Crippen molar-refractivity contribution in [2.24, 2.45) is 5.92 Å². The molecule has 1 unspecified atom stereocenters. The summed E-state index contributed by atoms with van der Waals surface area (Å²) in [6.07, 6.45) is 1.32. The van der Waals surface area contributed by atoms with Crippen molar-refractivity contribution in [1.29, 1.82) is 0 Å². The lowest BCUT2D eigenvalue weighted by Gasteiger charge is -2.25. The predicted octanol–water partition coefficient (Wildman–Crippen LogP) is 2.35. The second-order valence-corrected chi connectivity index (χ2v) is 7.90. The standard InChI is InChI=1S/C20H27N3O3/c1-13(2)18(14-6-8-15(9-7-14)20(3,4)5)21-17(25)12-23-11-10-16(24)22-19(23)26/h6-11,13,18H,12H2,1-5H3,(H,21,25)(H,22,24,26). The van der Waals surface area contributed by atoms with Crippen molar-refractivity contribution < 1.29 is 4.79 Å². The Labute approximate surface area is 153 Å². The molecule has 0 bridgehead atoms. The summed E-state index contributed by atoms with van der Waals surface area (Å²) in [5.74, 6) is -0.0931. The van der Waals surface area contributed by atoms with Crippen molar-refractivity contribution in [2.45, 2.75) is 52.6 Å². The van der Waals surface area contributed by atoms with Gasteiger partial charge in [-0.2, -0.15) is 0 Å². The van der Waals surface area contributed by atoms with Crippen LogP contribution in [0.5, 0.6) is 0 Å². The first-order valence-corrected chi connectivity index (χ1v) is 8.77. The maximum atomic E-state index is 12.4. The van der Waals surface area contributed by atoms with Gasteiger partial charge >= 0.3 is 5.69 Å². The van der Waals surface area contributed by atoms with Crippen LogP contribution in [0.4, 0.5) is 0 Å². The number of amides is 1. The molecule has 0 aliphatic carbocycles. The second kappa shape index (κ2) is 7.72. The molecule has 26 heavy (non-hydrogen) atoms. The Hall–Kier alpha value is -2.63. The Kier molecular flexibility index (Phi) is 5.85. The van der Waals surface area contributed by atoms with Crippen LogP contribution in [0.1, 0.15) is 51.8 Å². The Balaban J connectivity index is 2.16. The largest absolute Gasteiger partial charge is 0.347 e. The minimum atomic E-state index is -0.594. The van der Waals surface area contributed by atoms with E-state index in [9.17, 15) is 14.4 Å². The maximum Gasteiger partial charge on any atom is 0.328 e. The molecule has 1 aromatic heterocycles. The molecule has 2 rings (SSSR count). The molecule has 1 amide bonds. The van der Waals surface area contributed by atoms with Crippen molar-refractivity contribution in [1.82, 2.24) is 14.9 Å². The number of benzene rings is 1. The van der Waals surface area contributed by atoms with Crippen LogP contribution in [0.2, 0.25) is 0 Å². The van der Waals surface area contributed by atoms with E-state index in [2.05, 4.69) is 43.2 Å². The van der Waals surface area contributed by atoms with Crippen LogP contribution in [0.15, 0.2) is 46.1 Å². The number of aromatic amines is 1. The number of carbonyl (C=O) groups excluding carboxylic acids is 1. The van der Waals surface area contributed by atoms with Gasteiger partial charge in [-0.05, 0) is 22.5 Å². The summed E-state index contributed by atoms with van der Waals surface area (Å²) in [6, 6.07) is 9.32. The van der Waals surface area contributed by atoms with E-state index in [1.807, 2.05) is 26.0 Å². The van der Waals surface area contributed by atoms with Gasteiger partial charge in [0.05, 0.1) is 6.04 Å². The number of hydrogen-bond acceptors (Lipinski definition) is 3. The van der Waals surface area contributed by atoms with E-state index >= 15 is 0 Å². The van der Waals surface area contributed by atoms with E-state index in [0.717, 1.165) is 5.56 Å². The zero-order chi connectivity index (χ0) is 19.5. The third-order valence-corrected chi connectivity index (χ3v) is 4.33. The summed E-state index contributed by atoms with van der Waals surface area (Å²) in [5.41, 5.74) is 1.25. The monoisotopic (exact) mass is 357 g/mol. The van der Waals surface area contributed by atoms with Gasteiger partial charge in [-0.3, -0.25) is 19.1 Å². The number of hydrogen-bond donors (Lipinski definition) is 2. The number of rotatable bonds is 5. The minimum Gasteiger partial charge on any atom is -0.347 e. The lowest BCUT2D eigenvalue weighted by molar-refractivity contribution is -0.122. The molecule has 6 heteroatoms. The smallest absolute Gasteiger partial charge is 0.328 e. The lowest BCUT2D eigenvalue weighted by atomic mass is 9.85. The molecule has 0 saturated carbocycles. The Morgan fingerprint density at radius 1 is 1.12 bits per heavy atom. The van der Waals surface area contributed by atoms with Crippen LogP contribution in [-0.4, -0.2) is 15.5 Å². The van der Waals surface area contributed by atoms with Crippen LogP contribution in [0.25, 0.3) is 0 Å². The summed E-state index contributed by atoms with van der Waals surface area (Å²) in [4.78, 5) is 37.4. The highest BCUT2D eigenvalue weighted by Gasteiger charge is 2.20. The van der Waals surface area contributed by atoms with Gasteiger partial charge in [0.1, 0.15) is 6.54 Å². The third-order valence-electron chi connectivity index (χ3n) is 4.33. The maximum absolute atomic E-state index is 12.4. The first kappa shape index (κ1) is 19.7. The van der Waals surface area contributed by atoms with Gasteiger partial charge in [-0.1, -0.05) is 58.9 Å². The van der Waals surface area contributed by atoms with Gasteiger partial charge < -0.3 is 5.32 Å². The average molecular weight is 357 g/mol. The first-order valence-electron chi connectivity index (χ1n) is 8.77. The van der Waals surface area contributed by atoms with Gasteiger partial charge in [0, 0.05) is 12.3 Å². The average Bonchev–Trinajstić information content (AvgIpc) is 2.54. The van der Waals surface area contributed by atoms with Crippen molar-refractivity contribution >= 4 is 5.91 Å². The van der Waals surface area contributed by atoms with E-state index in [0.29, 0.717) is 0 Å².